The monoisotopic (exact) mass is 242 g/mol. The molecule has 8 heteroatoms. The van der Waals surface area contributed by atoms with Gasteiger partial charge in [-0.05, 0) is 6.42 Å². The molecule has 96 valence electrons. The molecule has 0 aromatic carbocycles. The quantitative estimate of drug-likeness (QED) is 0.709. The average Bonchev–Trinajstić information content (AvgIpc) is 2.34. The molecular formula is C9H18N6O2. The molecule has 0 saturated carbocycles. The number of nitrogens with two attached hydrogens (primary N) is 1. The third-order valence-corrected chi connectivity index (χ3v) is 1.96. The van der Waals surface area contributed by atoms with Gasteiger partial charge in [0.1, 0.15) is 0 Å². The zero-order valence-corrected chi connectivity index (χ0v) is 10.5. The van der Waals surface area contributed by atoms with Gasteiger partial charge in [0.15, 0.2) is 0 Å². The summed E-state index contributed by atoms with van der Waals surface area (Å²) in [6.45, 7) is 2.59. The normalized spacial score (nSPS) is 10.4. The van der Waals surface area contributed by atoms with Crippen molar-refractivity contribution >= 4 is 17.8 Å². The predicted octanol–water partition coefficient (Wildman–Crippen LogP) is 0.229. The van der Waals surface area contributed by atoms with E-state index in [0.29, 0.717) is 18.5 Å². The minimum Gasteiger partial charge on any atom is -0.368 e. The largest absolute Gasteiger partial charge is 0.368 e. The first-order valence-electron chi connectivity index (χ1n) is 5.24. The van der Waals surface area contributed by atoms with Crippen molar-refractivity contribution in [2.45, 2.75) is 13.3 Å². The Bertz CT molecular complexity index is 361. The van der Waals surface area contributed by atoms with Crippen LogP contribution in [0.1, 0.15) is 13.3 Å². The second kappa shape index (κ2) is 6.16. The lowest BCUT2D eigenvalue weighted by atomic mass is 10.5. The molecule has 1 rings (SSSR count). The van der Waals surface area contributed by atoms with Crippen LogP contribution in [0.25, 0.3) is 0 Å². The number of hydroxylamine groups is 2. The SMILES string of the molecule is CCCON(C)c1nc(N)nc(N(C)OC)n1. The number of nitrogen functional groups attached to an aromatic ring is 1. The van der Waals surface area contributed by atoms with Crippen LogP contribution in [0.15, 0.2) is 0 Å². The topological polar surface area (TPSA) is 89.6 Å². The highest BCUT2D eigenvalue weighted by molar-refractivity contribution is 5.39. The summed E-state index contributed by atoms with van der Waals surface area (Å²) < 4.78 is 0. The van der Waals surface area contributed by atoms with E-state index in [0.717, 1.165) is 6.42 Å². The number of anilines is 3. The first-order chi connectivity index (χ1) is 8.08. The van der Waals surface area contributed by atoms with Crippen LogP contribution in [0, 0.1) is 0 Å². The number of hydrogen-bond donors (Lipinski definition) is 1. The van der Waals surface area contributed by atoms with Crippen molar-refractivity contribution in [2.24, 2.45) is 0 Å². The van der Waals surface area contributed by atoms with Crippen molar-refractivity contribution in [3.63, 3.8) is 0 Å². The second-order valence-corrected chi connectivity index (χ2v) is 3.30. The van der Waals surface area contributed by atoms with E-state index in [4.69, 9.17) is 15.4 Å². The first-order valence-corrected chi connectivity index (χ1v) is 5.24. The summed E-state index contributed by atoms with van der Waals surface area (Å²) in [7, 11) is 4.89. The number of hydrogen-bond acceptors (Lipinski definition) is 8. The molecular weight excluding hydrogens is 224 g/mol. The van der Waals surface area contributed by atoms with Crippen LogP contribution < -0.4 is 15.9 Å². The van der Waals surface area contributed by atoms with Crippen LogP contribution >= 0.6 is 0 Å². The second-order valence-electron chi connectivity index (χ2n) is 3.30. The van der Waals surface area contributed by atoms with Gasteiger partial charge in [-0.2, -0.15) is 15.0 Å². The van der Waals surface area contributed by atoms with Crippen molar-refractivity contribution in [3.05, 3.63) is 0 Å². The van der Waals surface area contributed by atoms with E-state index in [1.165, 1.54) is 17.2 Å². The molecule has 0 aliphatic heterocycles. The average molecular weight is 242 g/mol. The Balaban J connectivity index is 2.88. The molecule has 0 unspecified atom stereocenters. The van der Waals surface area contributed by atoms with E-state index in [1.807, 2.05) is 6.92 Å². The molecule has 0 spiro atoms. The summed E-state index contributed by atoms with van der Waals surface area (Å²) >= 11 is 0. The lowest BCUT2D eigenvalue weighted by molar-refractivity contribution is 0.118. The smallest absolute Gasteiger partial charge is 0.256 e. The summed E-state index contributed by atoms with van der Waals surface area (Å²) in [4.78, 5) is 22.4. The molecule has 0 bridgehead atoms. The fraction of sp³-hybridized carbons (Fsp3) is 0.667. The predicted molar refractivity (Wildman–Crippen MR) is 64.3 cm³/mol. The fourth-order valence-electron chi connectivity index (χ4n) is 1.02. The van der Waals surface area contributed by atoms with Gasteiger partial charge in [0, 0.05) is 14.1 Å². The third kappa shape index (κ3) is 3.68. The van der Waals surface area contributed by atoms with Gasteiger partial charge in [-0.3, -0.25) is 9.68 Å². The Hall–Kier alpha value is -1.67. The molecule has 0 amide bonds. The van der Waals surface area contributed by atoms with Crippen molar-refractivity contribution in [1.29, 1.82) is 0 Å². The van der Waals surface area contributed by atoms with Crippen LogP contribution in [0.5, 0.6) is 0 Å². The van der Waals surface area contributed by atoms with Gasteiger partial charge in [0.2, 0.25) is 5.95 Å². The zero-order valence-electron chi connectivity index (χ0n) is 10.5. The molecule has 8 nitrogen and oxygen atoms in total. The van der Waals surface area contributed by atoms with Gasteiger partial charge in [0.05, 0.1) is 13.7 Å². The molecule has 17 heavy (non-hydrogen) atoms. The Morgan fingerprint density at radius 3 is 2.24 bits per heavy atom. The minimum absolute atomic E-state index is 0.112. The molecule has 0 saturated heterocycles. The van der Waals surface area contributed by atoms with Crippen LogP contribution in [0.2, 0.25) is 0 Å². The maximum Gasteiger partial charge on any atom is 0.256 e. The number of rotatable bonds is 6. The van der Waals surface area contributed by atoms with Crippen LogP contribution in [0.4, 0.5) is 17.8 Å². The van der Waals surface area contributed by atoms with E-state index >= 15 is 0 Å². The van der Waals surface area contributed by atoms with Gasteiger partial charge in [-0.25, -0.2) is 10.1 Å². The summed E-state index contributed by atoms with van der Waals surface area (Å²) in [6.07, 6.45) is 0.899. The lowest BCUT2D eigenvalue weighted by Crippen LogP contribution is -2.24. The molecule has 0 aliphatic rings. The molecule has 0 fully saturated rings. The van der Waals surface area contributed by atoms with Gasteiger partial charge < -0.3 is 5.73 Å². The fourth-order valence-corrected chi connectivity index (χ4v) is 1.02. The Labute approximate surface area is 100 Å². The van der Waals surface area contributed by atoms with Gasteiger partial charge in [0.25, 0.3) is 11.9 Å². The number of aromatic nitrogens is 3. The minimum atomic E-state index is 0.112. The first kappa shape index (κ1) is 13.4. The van der Waals surface area contributed by atoms with E-state index in [9.17, 15) is 0 Å². The summed E-state index contributed by atoms with van der Waals surface area (Å²) in [5.41, 5.74) is 5.59. The maximum absolute atomic E-state index is 5.59. The molecule has 0 radical (unpaired) electrons. The van der Waals surface area contributed by atoms with Crippen molar-refractivity contribution in [3.8, 4) is 0 Å². The van der Waals surface area contributed by atoms with Crippen molar-refractivity contribution < 1.29 is 9.68 Å². The Morgan fingerprint density at radius 1 is 1.12 bits per heavy atom. The van der Waals surface area contributed by atoms with E-state index in [1.54, 1.807) is 14.1 Å². The van der Waals surface area contributed by atoms with Crippen LogP contribution in [-0.4, -0.2) is 42.8 Å². The molecule has 1 aromatic rings. The lowest BCUT2D eigenvalue weighted by Gasteiger charge is -2.19. The summed E-state index contributed by atoms with van der Waals surface area (Å²) in [5, 5.41) is 2.84. The summed E-state index contributed by atoms with van der Waals surface area (Å²) in [6, 6.07) is 0. The highest BCUT2D eigenvalue weighted by Crippen LogP contribution is 2.13. The molecule has 2 N–H and O–H groups in total. The van der Waals surface area contributed by atoms with E-state index < -0.39 is 0 Å². The van der Waals surface area contributed by atoms with Gasteiger partial charge >= 0.3 is 0 Å². The Morgan fingerprint density at radius 2 is 1.71 bits per heavy atom. The molecule has 1 heterocycles. The van der Waals surface area contributed by atoms with Crippen LogP contribution in [-0.2, 0) is 9.68 Å². The number of nitrogens with zero attached hydrogens (tertiary/aromatic N) is 5. The Kier molecular flexibility index (Phi) is 4.85. The standard InChI is InChI=1S/C9H18N6O2/c1-5-6-17-15(3)9-12-7(10)11-8(13-9)14(2)16-4/h5-6H2,1-4H3,(H2,10,11,12,13). The molecule has 1 aromatic heterocycles. The maximum atomic E-state index is 5.59. The highest BCUT2D eigenvalue weighted by Gasteiger charge is 2.12. The van der Waals surface area contributed by atoms with Crippen molar-refractivity contribution in [1.82, 2.24) is 15.0 Å². The summed E-state index contributed by atoms with van der Waals surface area (Å²) in [5.74, 6) is 0.771. The highest BCUT2D eigenvalue weighted by atomic mass is 16.7. The van der Waals surface area contributed by atoms with E-state index in [2.05, 4.69) is 15.0 Å². The van der Waals surface area contributed by atoms with Crippen molar-refractivity contribution in [2.75, 3.05) is 43.7 Å². The molecule has 0 atom stereocenters. The van der Waals surface area contributed by atoms with E-state index in [-0.39, 0.29) is 5.95 Å². The third-order valence-electron chi connectivity index (χ3n) is 1.96. The van der Waals surface area contributed by atoms with Gasteiger partial charge in [-0.1, -0.05) is 6.92 Å². The zero-order chi connectivity index (χ0) is 12.8. The molecule has 0 aliphatic carbocycles. The van der Waals surface area contributed by atoms with Gasteiger partial charge in [-0.15, -0.1) is 0 Å². The van der Waals surface area contributed by atoms with Crippen LogP contribution in [0.3, 0.4) is 0 Å².